The molecule has 2 nitrogen and oxygen atoms in total. The number of rotatable bonds is 3. The Morgan fingerprint density at radius 2 is 2.25 bits per heavy atom. The molecule has 0 amide bonds. The van der Waals surface area contributed by atoms with E-state index in [1.165, 1.54) is 55.6 Å². The molecule has 2 aliphatic rings. The molecular weight excluding hydrogens is 336 g/mol. The quantitative estimate of drug-likeness (QED) is 0.886. The van der Waals surface area contributed by atoms with E-state index in [-0.39, 0.29) is 12.4 Å². The van der Waals surface area contributed by atoms with E-state index < -0.39 is 0 Å². The first-order valence-corrected chi connectivity index (χ1v) is 8.15. The van der Waals surface area contributed by atoms with Crippen LogP contribution in [0.2, 0.25) is 0 Å². The van der Waals surface area contributed by atoms with Gasteiger partial charge >= 0.3 is 0 Å². The van der Waals surface area contributed by atoms with Crippen LogP contribution >= 0.6 is 28.3 Å². The average Bonchev–Trinajstić information content (AvgIpc) is 3.00. The van der Waals surface area contributed by atoms with Crippen LogP contribution in [-0.2, 0) is 0 Å². The van der Waals surface area contributed by atoms with Crippen LogP contribution in [0.4, 0.5) is 0 Å². The third kappa shape index (κ3) is 3.56. The second kappa shape index (κ2) is 6.78. The van der Waals surface area contributed by atoms with Crippen molar-refractivity contribution in [1.82, 2.24) is 10.2 Å². The second-order valence-electron chi connectivity index (χ2n) is 6.37. The van der Waals surface area contributed by atoms with Crippen LogP contribution in [0.3, 0.4) is 0 Å². The molecule has 2 saturated heterocycles. The summed E-state index contributed by atoms with van der Waals surface area (Å²) >= 11 is 3.57. The molecule has 0 bridgehead atoms. The van der Waals surface area contributed by atoms with Crippen LogP contribution in [0.15, 0.2) is 28.7 Å². The smallest absolute Gasteiger partial charge is 0.0178 e. The van der Waals surface area contributed by atoms with Crippen molar-refractivity contribution in [2.24, 2.45) is 5.41 Å². The highest BCUT2D eigenvalue weighted by Gasteiger charge is 2.40. The maximum Gasteiger partial charge on any atom is 0.0178 e. The fourth-order valence-electron chi connectivity index (χ4n) is 3.63. The van der Waals surface area contributed by atoms with Crippen molar-refractivity contribution in [2.75, 3.05) is 32.7 Å². The number of hydrogen-bond acceptors (Lipinski definition) is 2. The Bertz CT molecular complexity index is 446. The summed E-state index contributed by atoms with van der Waals surface area (Å²) in [6.07, 6.45) is 2.75. The third-order valence-electron chi connectivity index (χ3n) is 4.80. The van der Waals surface area contributed by atoms with E-state index >= 15 is 0 Å². The van der Waals surface area contributed by atoms with Crippen molar-refractivity contribution in [3.05, 3.63) is 34.3 Å². The first kappa shape index (κ1) is 16.3. The Balaban J connectivity index is 0.00000147. The molecule has 2 fully saturated rings. The highest BCUT2D eigenvalue weighted by atomic mass is 79.9. The van der Waals surface area contributed by atoms with Gasteiger partial charge in [-0.15, -0.1) is 12.4 Å². The van der Waals surface area contributed by atoms with Gasteiger partial charge in [-0.25, -0.2) is 0 Å². The van der Waals surface area contributed by atoms with Gasteiger partial charge in [0.05, 0.1) is 0 Å². The molecule has 3 rings (SSSR count). The Kier molecular flexibility index (Phi) is 5.52. The van der Waals surface area contributed by atoms with E-state index in [2.05, 4.69) is 57.3 Å². The average molecular weight is 360 g/mol. The third-order valence-corrected chi connectivity index (χ3v) is 5.29. The maximum atomic E-state index is 3.57. The fourth-order valence-corrected chi connectivity index (χ4v) is 4.05. The number of nitrogens with zero attached hydrogens (tertiary/aromatic N) is 1. The van der Waals surface area contributed by atoms with Gasteiger partial charge in [-0.2, -0.15) is 0 Å². The van der Waals surface area contributed by atoms with E-state index in [9.17, 15) is 0 Å². The SMILES string of the molecule is CC(CN1CCC2(CCNC2)C1)c1cccc(Br)c1.Cl. The molecule has 0 saturated carbocycles. The number of nitrogens with one attached hydrogen (secondary N) is 1. The van der Waals surface area contributed by atoms with Crippen LogP contribution < -0.4 is 5.32 Å². The summed E-state index contributed by atoms with van der Waals surface area (Å²) in [6, 6.07) is 8.75. The summed E-state index contributed by atoms with van der Waals surface area (Å²) in [6.45, 7) is 8.56. The number of hydrogen-bond donors (Lipinski definition) is 1. The van der Waals surface area contributed by atoms with Crippen molar-refractivity contribution in [3.63, 3.8) is 0 Å². The molecule has 0 radical (unpaired) electrons. The standard InChI is InChI=1S/C16H23BrN2.ClH/c1-13(14-3-2-4-15(17)9-14)10-19-8-6-16(12-19)5-7-18-11-16;/h2-4,9,13,18H,5-8,10-12H2,1H3;1H. The Hall–Kier alpha value is -0.0900. The zero-order valence-corrected chi connectivity index (χ0v) is 14.5. The zero-order chi connectivity index (χ0) is 13.3. The van der Waals surface area contributed by atoms with Crippen LogP contribution in [0.5, 0.6) is 0 Å². The van der Waals surface area contributed by atoms with E-state index in [0.29, 0.717) is 11.3 Å². The van der Waals surface area contributed by atoms with Gasteiger partial charge in [0.1, 0.15) is 0 Å². The number of halogens is 2. The van der Waals surface area contributed by atoms with Gasteiger partial charge in [0, 0.05) is 24.1 Å². The first-order valence-electron chi connectivity index (χ1n) is 7.35. The molecule has 1 spiro atoms. The predicted octanol–water partition coefficient (Wildman–Crippen LogP) is 3.66. The predicted molar refractivity (Wildman–Crippen MR) is 90.8 cm³/mol. The summed E-state index contributed by atoms with van der Waals surface area (Å²) in [5.41, 5.74) is 2.04. The van der Waals surface area contributed by atoms with Crippen molar-refractivity contribution in [2.45, 2.75) is 25.7 Å². The topological polar surface area (TPSA) is 15.3 Å². The minimum absolute atomic E-state index is 0. The first-order chi connectivity index (χ1) is 9.17. The summed E-state index contributed by atoms with van der Waals surface area (Å²) in [7, 11) is 0. The minimum Gasteiger partial charge on any atom is -0.316 e. The van der Waals surface area contributed by atoms with Crippen molar-refractivity contribution < 1.29 is 0 Å². The molecular formula is C16H24BrClN2. The van der Waals surface area contributed by atoms with Gasteiger partial charge in [-0.3, -0.25) is 0 Å². The fraction of sp³-hybridized carbons (Fsp3) is 0.625. The molecule has 20 heavy (non-hydrogen) atoms. The van der Waals surface area contributed by atoms with Gasteiger partial charge in [0.15, 0.2) is 0 Å². The van der Waals surface area contributed by atoms with Gasteiger partial charge in [-0.1, -0.05) is 35.0 Å². The summed E-state index contributed by atoms with van der Waals surface area (Å²) in [5.74, 6) is 0.613. The Morgan fingerprint density at radius 1 is 1.40 bits per heavy atom. The lowest BCUT2D eigenvalue weighted by molar-refractivity contribution is 0.265. The molecule has 2 heterocycles. The van der Waals surface area contributed by atoms with Crippen LogP contribution in [-0.4, -0.2) is 37.6 Å². The second-order valence-corrected chi connectivity index (χ2v) is 7.28. The molecule has 4 heteroatoms. The molecule has 1 aromatic rings. The maximum absolute atomic E-state index is 3.57. The number of likely N-dealkylation sites (tertiary alicyclic amines) is 1. The van der Waals surface area contributed by atoms with E-state index in [0.717, 1.165) is 0 Å². The normalized spacial score (nSPS) is 27.7. The van der Waals surface area contributed by atoms with Crippen LogP contribution in [0, 0.1) is 5.41 Å². The zero-order valence-electron chi connectivity index (χ0n) is 12.1. The molecule has 2 unspecified atom stereocenters. The lowest BCUT2D eigenvalue weighted by Gasteiger charge is -2.25. The summed E-state index contributed by atoms with van der Waals surface area (Å²) < 4.78 is 1.19. The lowest BCUT2D eigenvalue weighted by atomic mass is 9.86. The number of benzene rings is 1. The monoisotopic (exact) mass is 358 g/mol. The van der Waals surface area contributed by atoms with Crippen LogP contribution in [0.1, 0.15) is 31.2 Å². The Morgan fingerprint density at radius 3 is 2.95 bits per heavy atom. The lowest BCUT2D eigenvalue weighted by Crippen LogP contribution is -2.31. The van der Waals surface area contributed by atoms with Crippen molar-refractivity contribution in [1.29, 1.82) is 0 Å². The van der Waals surface area contributed by atoms with Gasteiger partial charge < -0.3 is 10.2 Å². The minimum atomic E-state index is 0. The van der Waals surface area contributed by atoms with Crippen molar-refractivity contribution >= 4 is 28.3 Å². The molecule has 0 aromatic heterocycles. The largest absolute Gasteiger partial charge is 0.316 e. The highest BCUT2D eigenvalue weighted by molar-refractivity contribution is 9.10. The Labute approximate surface area is 136 Å². The molecule has 1 aromatic carbocycles. The molecule has 0 aliphatic carbocycles. The van der Waals surface area contributed by atoms with Gasteiger partial charge in [-0.05, 0) is 55.0 Å². The molecule has 2 aliphatic heterocycles. The van der Waals surface area contributed by atoms with Crippen LogP contribution in [0.25, 0.3) is 0 Å². The van der Waals surface area contributed by atoms with Crippen molar-refractivity contribution in [3.8, 4) is 0 Å². The van der Waals surface area contributed by atoms with E-state index in [1.54, 1.807) is 0 Å². The van der Waals surface area contributed by atoms with Gasteiger partial charge in [0.2, 0.25) is 0 Å². The van der Waals surface area contributed by atoms with E-state index in [4.69, 9.17) is 0 Å². The summed E-state index contributed by atoms with van der Waals surface area (Å²) in [5, 5.41) is 3.54. The van der Waals surface area contributed by atoms with Gasteiger partial charge in [0.25, 0.3) is 0 Å². The molecule has 112 valence electrons. The molecule has 2 atom stereocenters. The summed E-state index contributed by atoms with van der Waals surface area (Å²) in [4.78, 5) is 2.67. The van der Waals surface area contributed by atoms with E-state index in [1.807, 2.05) is 0 Å². The molecule has 1 N–H and O–H groups in total. The highest BCUT2D eigenvalue weighted by Crippen LogP contribution is 2.36.